The molecule has 0 unspecified atom stereocenters. The molecule has 33 heavy (non-hydrogen) atoms. The van der Waals surface area contributed by atoms with Gasteiger partial charge in [-0.05, 0) is 84.6 Å². The van der Waals surface area contributed by atoms with Crippen molar-refractivity contribution in [3.05, 3.63) is 142 Å². The van der Waals surface area contributed by atoms with Gasteiger partial charge in [0.15, 0.2) is 0 Å². The third-order valence-corrected chi connectivity index (χ3v) is 7.09. The van der Waals surface area contributed by atoms with Crippen molar-refractivity contribution in [2.24, 2.45) is 0 Å². The lowest BCUT2D eigenvalue weighted by atomic mass is 10.0. The molecule has 0 bridgehead atoms. The van der Waals surface area contributed by atoms with Gasteiger partial charge < -0.3 is 0 Å². The van der Waals surface area contributed by atoms with Crippen molar-refractivity contribution < 1.29 is 0 Å². The molecule has 0 fully saturated rings. The molecule has 0 aliphatic heterocycles. The molecule has 8 rings (SSSR count). The van der Waals surface area contributed by atoms with Gasteiger partial charge in [-0.3, -0.25) is 0 Å². The van der Waals surface area contributed by atoms with Crippen molar-refractivity contribution in [3.8, 4) is 33.4 Å². The van der Waals surface area contributed by atoms with Crippen LogP contribution in [-0.4, -0.2) is 0 Å². The van der Waals surface area contributed by atoms with E-state index in [0.717, 1.165) is 6.42 Å². The van der Waals surface area contributed by atoms with E-state index in [9.17, 15) is 0 Å². The van der Waals surface area contributed by atoms with Crippen molar-refractivity contribution in [3.63, 3.8) is 0 Å². The first-order chi connectivity index (χ1) is 16.4. The number of rotatable bonds is 0. The molecule has 3 aliphatic rings. The Hall–Kier alpha value is -4.16. The summed E-state index contributed by atoms with van der Waals surface area (Å²) in [6.45, 7) is 0. The van der Waals surface area contributed by atoms with Gasteiger partial charge in [0.1, 0.15) is 0 Å². The highest BCUT2D eigenvalue weighted by molar-refractivity contribution is 5.89. The van der Waals surface area contributed by atoms with Gasteiger partial charge in [-0.1, -0.05) is 109 Å². The quantitative estimate of drug-likeness (QED) is 0.261. The van der Waals surface area contributed by atoms with Crippen LogP contribution in [0.25, 0.3) is 45.5 Å². The topological polar surface area (TPSA) is 0 Å². The van der Waals surface area contributed by atoms with Crippen LogP contribution < -0.4 is 10.4 Å². The van der Waals surface area contributed by atoms with E-state index in [1.165, 1.54) is 66.1 Å². The summed E-state index contributed by atoms with van der Waals surface area (Å²) in [6, 6.07) is 39.1. The molecule has 0 N–H and O–H groups in total. The predicted molar refractivity (Wildman–Crippen MR) is 138 cm³/mol. The molecule has 0 saturated heterocycles. The molecule has 0 spiro atoms. The van der Waals surface area contributed by atoms with E-state index in [1.807, 2.05) is 0 Å². The molecule has 0 heteroatoms. The van der Waals surface area contributed by atoms with Crippen LogP contribution >= 0.6 is 0 Å². The SMILES string of the molecule is C1=c2c(ccc3c2=Cc2ccccc2-3)-c2ccccc21.c1ccc2c(c1)Cc1ccccc1-2. The maximum atomic E-state index is 2.33. The number of hydrogen-bond donors (Lipinski definition) is 0. The Morgan fingerprint density at radius 1 is 0.333 bits per heavy atom. The lowest BCUT2D eigenvalue weighted by Crippen LogP contribution is -2.25. The van der Waals surface area contributed by atoms with Crippen LogP contribution in [0.5, 0.6) is 0 Å². The van der Waals surface area contributed by atoms with E-state index in [2.05, 4.69) is 121 Å². The van der Waals surface area contributed by atoms with E-state index < -0.39 is 0 Å². The fourth-order valence-electron chi connectivity index (χ4n) is 5.54. The molecule has 0 heterocycles. The highest BCUT2D eigenvalue weighted by Gasteiger charge is 2.18. The van der Waals surface area contributed by atoms with Gasteiger partial charge in [-0.2, -0.15) is 0 Å². The highest BCUT2D eigenvalue weighted by atomic mass is 14.2. The monoisotopic (exact) mass is 418 g/mol. The first-order valence-electron chi connectivity index (χ1n) is 11.6. The minimum Gasteiger partial charge on any atom is -0.0619 e. The zero-order valence-corrected chi connectivity index (χ0v) is 18.3. The van der Waals surface area contributed by atoms with Gasteiger partial charge >= 0.3 is 0 Å². The number of hydrogen-bond acceptors (Lipinski definition) is 0. The molecule has 0 aromatic heterocycles. The van der Waals surface area contributed by atoms with Crippen molar-refractivity contribution >= 4 is 12.2 Å². The predicted octanol–water partition coefficient (Wildman–Crippen LogP) is 6.56. The summed E-state index contributed by atoms with van der Waals surface area (Å²) >= 11 is 0. The van der Waals surface area contributed by atoms with E-state index in [0.29, 0.717) is 0 Å². The van der Waals surface area contributed by atoms with Gasteiger partial charge in [-0.15, -0.1) is 0 Å². The second kappa shape index (κ2) is 7.18. The fraction of sp³-hybridized carbons (Fsp3) is 0.0303. The van der Waals surface area contributed by atoms with Crippen molar-refractivity contribution in [1.82, 2.24) is 0 Å². The Labute approximate surface area is 193 Å². The zero-order valence-electron chi connectivity index (χ0n) is 18.3. The molecule has 0 atom stereocenters. The van der Waals surface area contributed by atoms with Gasteiger partial charge in [0.05, 0.1) is 0 Å². The summed E-state index contributed by atoms with van der Waals surface area (Å²) in [5, 5.41) is 2.75. The lowest BCUT2D eigenvalue weighted by Gasteiger charge is -2.03. The Balaban J connectivity index is 0.000000127. The Morgan fingerprint density at radius 2 is 0.727 bits per heavy atom. The van der Waals surface area contributed by atoms with Crippen LogP contribution in [0, 0.1) is 0 Å². The third-order valence-electron chi connectivity index (χ3n) is 7.09. The van der Waals surface area contributed by atoms with Crippen molar-refractivity contribution in [1.29, 1.82) is 0 Å². The van der Waals surface area contributed by atoms with E-state index in [-0.39, 0.29) is 0 Å². The maximum Gasteiger partial charge on any atom is -0.00135 e. The first-order valence-corrected chi connectivity index (χ1v) is 11.6. The summed E-state index contributed by atoms with van der Waals surface area (Å²) < 4.78 is 0. The van der Waals surface area contributed by atoms with Gasteiger partial charge in [0.25, 0.3) is 0 Å². The average Bonchev–Trinajstić information content (AvgIpc) is 3.55. The molecule has 0 radical (unpaired) electrons. The summed E-state index contributed by atoms with van der Waals surface area (Å²) in [4.78, 5) is 0. The van der Waals surface area contributed by atoms with Crippen LogP contribution in [0.4, 0.5) is 0 Å². The summed E-state index contributed by atoms with van der Waals surface area (Å²) in [5.74, 6) is 0. The average molecular weight is 419 g/mol. The number of benzene rings is 5. The lowest BCUT2D eigenvalue weighted by molar-refractivity contribution is 1.26. The largest absolute Gasteiger partial charge is 0.0619 e. The second-order valence-corrected chi connectivity index (χ2v) is 8.94. The standard InChI is InChI=1S/C20H12.C13H10/c1-3-7-15-13(5-1)11-19-17(15)9-10-18-16-8-4-2-6-14(16)12-20(18)19;1-3-7-12-10(5-1)9-11-6-2-4-8-13(11)12/h1-12H;1-8H,9H2. The Kier molecular flexibility index (Phi) is 4.01. The van der Waals surface area contributed by atoms with Crippen molar-refractivity contribution in [2.45, 2.75) is 6.42 Å². The van der Waals surface area contributed by atoms with E-state index >= 15 is 0 Å². The molecular weight excluding hydrogens is 396 g/mol. The van der Waals surface area contributed by atoms with Gasteiger partial charge in [-0.25, -0.2) is 0 Å². The molecule has 3 aliphatic carbocycles. The van der Waals surface area contributed by atoms with Crippen LogP contribution in [-0.2, 0) is 6.42 Å². The molecule has 0 nitrogen and oxygen atoms in total. The first kappa shape index (κ1) is 18.4. The fourth-order valence-corrected chi connectivity index (χ4v) is 5.54. The molecular formula is C33H22. The van der Waals surface area contributed by atoms with Crippen LogP contribution in [0.2, 0.25) is 0 Å². The minimum absolute atomic E-state index is 1.10. The van der Waals surface area contributed by atoms with Crippen LogP contribution in [0.15, 0.2) is 109 Å². The molecule has 5 aromatic carbocycles. The summed E-state index contributed by atoms with van der Waals surface area (Å²) in [5.41, 5.74) is 13.9. The van der Waals surface area contributed by atoms with Gasteiger partial charge in [0.2, 0.25) is 0 Å². The maximum absolute atomic E-state index is 2.33. The van der Waals surface area contributed by atoms with Crippen molar-refractivity contribution in [2.75, 3.05) is 0 Å². The molecule has 0 amide bonds. The van der Waals surface area contributed by atoms with Crippen LogP contribution in [0.1, 0.15) is 22.3 Å². The third kappa shape index (κ3) is 2.84. The Bertz CT molecular complexity index is 1560. The minimum atomic E-state index is 1.10. The van der Waals surface area contributed by atoms with E-state index in [1.54, 1.807) is 0 Å². The smallest absolute Gasteiger partial charge is 0.00135 e. The van der Waals surface area contributed by atoms with Crippen LogP contribution in [0.3, 0.4) is 0 Å². The van der Waals surface area contributed by atoms with E-state index in [4.69, 9.17) is 0 Å². The second-order valence-electron chi connectivity index (χ2n) is 8.94. The normalized spacial score (nSPS) is 12.6. The highest BCUT2D eigenvalue weighted by Crippen LogP contribution is 2.35. The molecule has 5 aromatic rings. The van der Waals surface area contributed by atoms with Gasteiger partial charge in [0, 0.05) is 0 Å². The Morgan fingerprint density at radius 3 is 1.21 bits per heavy atom. The summed E-state index contributed by atoms with van der Waals surface area (Å²) in [7, 11) is 0. The zero-order chi connectivity index (χ0) is 21.8. The summed E-state index contributed by atoms with van der Waals surface area (Å²) in [6.07, 6.45) is 5.75. The molecule has 154 valence electrons. The number of fused-ring (bicyclic) bond motifs is 10. The molecule has 0 saturated carbocycles.